The zero-order chi connectivity index (χ0) is 11.4. The highest BCUT2D eigenvalue weighted by Crippen LogP contribution is 2.24. The molecule has 0 saturated heterocycles. The first-order valence-electron chi connectivity index (χ1n) is 4.27. The minimum atomic E-state index is -5.55. The van der Waals surface area contributed by atoms with Crippen LogP contribution in [0.3, 0.4) is 0 Å². The Kier molecular flexibility index (Phi) is 3.96. The molecule has 0 unspecified atom stereocenters. The molecule has 0 aliphatic rings. The van der Waals surface area contributed by atoms with Crippen LogP contribution < -0.4 is 5.14 Å². The molecule has 0 aromatic heterocycles. The molecule has 1 aromatic rings. The van der Waals surface area contributed by atoms with Gasteiger partial charge in [0.2, 0.25) is 0 Å². The topological polar surface area (TPSA) is 89.2 Å². The molecule has 0 spiro atoms. The van der Waals surface area contributed by atoms with Gasteiger partial charge in [0.15, 0.2) is 0 Å². The van der Waals surface area contributed by atoms with Crippen molar-refractivity contribution < 1.29 is 13.3 Å². The second-order valence-corrected chi connectivity index (χ2v) is 4.79. The lowest BCUT2D eigenvalue weighted by atomic mass is 10.2. The van der Waals surface area contributed by atoms with Crippen molar-refractivity contribution in [3.8, 4) is 0 Å². The smallest absolute Gasteiger partial charge is 0.00773 e. The summed E-state index contributed by atoms with van der Waals surface area (Å²) in [6.45, 7) is 5.52. The van der Waals surface area contributed by atoms with Gasteiger partial charge >= 0.3 is 0 Å². The van der Waals surface area contributed by atoms with E-state index in [0.29, 0.717) is 5.56 Å². The molecule has 1 rings (SSSR count). The molecule has 5 heteroatoms. The molecule has 2 N–H and O–H groups in total. The lowest BCUT2D eigenvalue weighted by molar-refractivity contribution is 0.358. The number of sulfonamides is 3. The second kappa shape index (κ2) is 4.18. The molecule has 0 heterocycles. The average molecular weight is 217 g/mol. The summed E-state index contributed by atoms with van der Waals surface area (Å²) in [4.78, 5) is -0.352. The van der Waals surface area contributed by atoms with E-state index >= 15 is 0 Å². The molecule has 0 atom stereocenters. The Labute approximate surface area is 84.3 Å². The Morgan fingerprint density at radius 2 is 1.64 bits per heavy atom. The highest BCUT2D eigenvalue weighted by molar-refractivity contribution is 8.08. The van der Waals surface area contributed by atoms with Gasteiger partial charge in [0.1, 0.15) is 0 Å². The zero-order valence-corrected chi connectivity index (χ0v) is 9.34. The van der Waals surface area contributed by atoms with Crippen LogP contribution in [0, 0.1) is 6.92 Å². The third kappa shape index (κ3) is 3.55. The molecule has 1 aromatic carbocycles. The summed E-state index contributed by atoms with van der Waals surface area (Å²) in [5.74, 6) is 0. The van der Waals surface area contributed by atoms with Crippen molar-refractivity contribution in [3.05, 3.63) is 29.8 Å². The molecule has 0 aliphatic carbocycles. The van der Waals surface area contributed by atoms with E-state index in [2.05, 4.69) is 5.14 Å². The van der Waals surface area contributed by atoms with Gasteiger partial charge in [-0.15, -0.1) is 9.81 Å². The molecule has 14 heavy (non-hydrogen) atoms. The summed E-state index contributed by atoms with van der Waals surface area (Å²) in [5, 5.41) is 4.64. The van der Waals surface area contributed by atoms with Gasteiger partial charge in [0, 0.05) is 4.90 Å². The molecule has 0 saturated carbocycles. The van der Waals surface area contributed by atoms with Gasteiger partial charge in [-0.2, -0.15) is 0 Å². The van der Waals surface area contributed by atoms with Crippen molar-refractivity contribution >= 4 is 9.81 Å². The Morgan fingerprint density at radius 1 is 1.21 bits per heavy atom. The van der Waals surface area contributed by atoms with Crippen molar-refractivity contribution in [2.24, 2.45) is 5.14 Å². The second-order valence-electron chi connectivity index (χ2n) is 2.63. The van der Waals surface area contributed by atoms with Crippen molar-refractivity contribution in [2.45, 2.75) is 25.7 Å². The minimum absolute atomic E-state index is 0.352. The van der Waals surface area contributed by atoms with Crippen molar-refractivity contribution in [1.82, 2.24) is 0 Å². The SMILES string of the molecule is CC.Cc1ccccc1S(N)(=O)([O-])[O-]. The van der Waals surface area contributed by atoms with E-state index in [4.69, 9.17) is 0 Å². The largest absolute Gasteiger partial charge is 0.785 e. The fraction of sp³-hybridized carbons (Fsp3) is 0.333. The van der Waals surface area contributed by atoms with E-state index in [1.165, 1.54) is 25.1 Å². The van der Waals surface area contributed by atoms with E-state index in [9.17, 15) is 13.3 Å². The molecular weight excluding hydrogens is 202 g/mol. The lowest BCUT2D eigenvalue weighted by Gasteiger charge is -2.52. The van der Waals surface area contributed by atoms with Gasteiger partial charge in [-0.1, -0.05) is 32.0 Å². The van der Waals surface area contributed by atoms with Crippen LogP contribution in [0.25, 0.3) is 0 Å². The first kappa shape index (κ1) is 13.2. The van der Waals surface area contributed by atoms with E-state index < -0.39 is 9.81 Å². The molecule has 0 fully saturated rings. The summed E-state index contributed by atoms with van der Waals surface area (Å²) >= 11 is 0. The Morgan fingerprint density at radius 3 is 1.93 bits per heavy atom. The normalized spacial score (nSPS) is 13.4. The maximum Gasteiger partial charge on any atom is 0.00773 e. The van der Waals surface area contributed by atoms with Gasteiger partial charge < -0.3 is 9.11 Å². The quantitative estimate of drug-likeness (QED) is 0.769. The molecule has 0 bridgehead atoms. The predicted molar refractivity (Wildman–Crippen MR) is 54.7 cm³/mol. The van der Waals surface area contributed by atoms with Crippen LogP contribution >= 0.6 is 0 Å². The average Bonchev–Trinajstić information content (AvgIpc) is 2.05. The van der Waals surface area contributed by atoms with Gasteiger partial charge in [0.25, 0.3) is 0 Å². The number of aryl methyl sites for hydroxylation is 1. The number of benzene rings is 1. The third-order valence-corrected chi connectivity index (χ3v) is 2.74. The zero-order valence-electron chi connectivity index (χ0n) is 8.52. The summed E-state index contributed by atoms with van der Waals surface area (Å²) in [5.41, 5.74) is 0.363. The number of nitrogens with two attached hydrogens (primary N) is 1. The molecule has 82 valence electrons. The third-order valence-electron chi connectivity index (χ3n) is 1.49. The van der Waals surface area contributed by atoms with Gasteiger partial charge in [-0.05, 0) is 18.6 Å². The Bertz CT molecular complexity index is 359. The van der Waals surface area contributed by atoms with E-state index in [1.807, 2.05) is 13.8 Å². The maximum atomic E-state index is 10.9. The number of hydrogen-bond donors (Lipinski definition) is 1. The van der Waals surface area contributed by atoms with Gasteiger partial charge in [-0.3, -0.25) is 9.35 Å². The first-order chi connectivity index (χ1) is 6.27. The highest BCUT2D eigenvalue weighted by Gasteiger charge is 2.08. The maximum absolute atomic E-state index is 10.9. The molecule has 0 aliphatic heterocycles. The molecule has 0 amide bonds. The lowest BCUT2D eigenvalue weighted by Crippen LogP contribution is -2.42. The van der Waals surface area contributed by atoms with Crippen LogP contribution in [-0.4, -0.2) is 13.3 Å². The van der Waals surface area contributed by atoms with Gasteiger partial charge in [0.05, 0.1) is 0 Å². The van der Waals surface area contributed by atoms with E-state index in [1.54, 1.807) is 6.07 Å². The first-order valence-corrected chi connectivity index (χ1v) is 6.15. The fourth-order valence-corrected chi connectivity index (χ4v) is 1.94. The van der Waals surface area contributed by atoms with Crippen LogP contribution in [0.1, 0.15) is 19.4 Å². The summed E-state index contributed by atoms with van der Waals surface area (Å²) in [7, 11) is -5.55. The van der Waals surface area contributed by atoms with Crippen LogP contribution in [0.4, 0.5) is 0 Å². The van der Waals surface area contributed by atoms with Crippen LogP contribution in [-0.2, 0) is 9.81 Å². The van der Waals surface area contributed by atoms with Crippen LogP contribution in [0.15, 0.2) is 29.2 Å². The summed E-state index contributed by atoms with van der Waals surface area (Å²) in [6.07, 6.45) is 0. The molecular formula is C9H15NO3S-2. The van der Waals surface area contributed by atoms with E-state index in [-0.39, 0.29) is 4.90 Å². The minimum Gasteiger partial charge on any atom is -0.785 e. The molecule has 4 nitrogen and oxygen atoms in total. The Hall–Kier alpha value is -0.750. The number of hydrogen-bond acceptors (Lipinski definition) is 3. The van der Waals surface area contributed by atoms with Crippen molar-refractivity contribution in [2.75, 3.05) is 0 Å². The predicted octanol–water partition coefficient (Wildman–Crippen LogP) is 1.33. The fourth-order valence-electron chi connectivity index (χ4n) is 0.969. The van der Waals surface area contributed by atoms with Crippen molar-refractivity contribution in [1.29, 1.82) is 0 Å². The van der Waals surface area contributed by atoms with Crippen LogP contribution in [0.2, 0.25) is 0 Å². The summed E-state index contributed by atoms with van der Waals surface area (Å²) < 4.78 is 32.6. The highest BCUT2D eigenvalue weighted by atomic mass is 32.3. The monoisotopic (exact) mass is 217 g/mol. The van der Waals surface area contributed by atoms with Gasteiger partial charge in [-0.25, -0.2) is 0 Å². The summed E-state index contributed by atoms with van der Waals surface area (Å²) in [6, 6.07) is 5.81. The van der Waals surface area contributed by atoms with E-state index in [0.717, 1.165) is 0 Å². The standard InChI is InChI=1S/C7H11NO3S.C2H6/c1-6-4-2-3-5-7(6)12(8,9,10)11;1-2/h2-5H,1H3,(H4,8,9,10,11);1-2H3/p-2. The Balaban J connectivity index is 0.000000791. The van der Waals surface area contributed by atoms with Crippen molar-refractivity contribution in [3.63, 3.8) is 0 Å². The number of rotatable bonds is 1. The van der Waals surface area contributed by atoms with Crippen LogP contribution in [0.5, 0.6) is 0 Å². The molecule has 0 radical (unpaired) electrons. The number of primary sulfonamides is 3.